The molecule has 2 fully saturated rings. The summed E-state index contributed by atoms with van der Waals surface area (Å²) in [4.78, 5) is 18.4. The van der Waals surface area contributed by atoms with Crippen LogP contribution >= 0.6 is 11.3 Å². The van der Waals surface area contributed by atoms with E-state index in [1.165, 1.54) is 15.8 Å². The summed E-state index contributed by atoms with van der Waals surface area (Å²) in [5.41, 5.74) is 2.04. The van der Waals surface area contributed by atoms with Gasteiger partial charge in [-0.2, -0.15) is 0 Å². The van der Waals surface area contributed by atoms with Gasteiger partial charge in [0.2, 0.25) is 0 Å². The zero-order chi connectivity index (χ0) is 24.0. The second-order valence-electron chi connectivity index (χ2n) is 8.61. The molecule has 1 N–H and O–H groups in total. The lowest BCUT2D eigenvalue weighted by molar-refractivity contribution is 0.181. The van der Waals surface area contributed by atoms with E-state index in [4.69, 9.17) is 14.2 Å². The number of aliphatic hydroxyl groups excluding tert-OH is 1. The van der Waals surface area contributed by atoms with Crippen molar-refractivity contribution in [2.45, 2.75) is 6.42 Å². The first kappa shape index (κ1) is 23.7. The number of cyclic esters (lactones) is 1. The molecule has 35 heavy (non-hydrogen) atoms. The van der Waals surface area contributed by atoms with Crippen LogP contribution in [0.2, 0.25) is 0 Å². The first-order valence-corrected chi connectivity index (χ1v) is 13.0. The highest BCUT2D eigenvalue weighted by atomic mass is 32.1. The van der Waals surface area contributed by atoms with E-state index in [-0.39, 0.29) is 19.3 Å². The number of fused-ring (bicyclic) bond motifs is 1. The van der Waals surface area contributed by atoms with Gasteiger partial charge in [-0.05, 0) is 42.1 Å². The molecule has 0 aliphatic carbocycles. The maximum absolute atomic E-state index is 11.9. The van der Waals surface area contributed by atoms with Crippen molar-refractivity contribution in [1.82, 2.24) is 4.90 Å². The van der Waals surface area contributed by atoms with Gasteiger partial charge >= 0.3 is 6.09 Å². The van der Waals surface area contributed by atoms with Gasteiger partial charge in [0.05, 0.1) is 25.4 Å². The predicted molar refractivity (Wildman–Crippen MR) is 138 cm³/mol. The van der Waals surface area contributed by atoms with Crippen molar-refractivity contribution in [2.24, 2.45) is 0 Å². The van der Waals surface area contributed by atoms with E-state index in [1.807, 2.05) is 12.1 Å². The molecule has 9 heteroatoms. The summed E-state index contributed by atoms with van der Waals surface area (Å²) in [5, 5.41) is 12.7. The van der Waals surface area contributed by atoms with Crippen molar-refractivity contribution in [1.29, 1.82) is 0 Å². The molecule has 2 aliphatic heterocycles. The Kier molecular flexibility index (Phi) is 7.56. The highest BCUT2D eigenvalue weighted by molar-refractivity contribution is 7.17. The number of nitrogens with zero attached hydrogens (tertiary/aromatic N) is 3. The van der Waals surface area contributed by atoms with Gasteiger partial charge in [-0.3, -0.25) is 9.80 Å². The van der Waals surface area contributed by atoms with E-state index in [1.54, 1.807) is 22.3 Å². The zero-order valence-corrected chi connectivity index (χ0v) is 20.5. The van der Waals surface area contributed by atoms with Crippen molar-refractivity contribution >= 4 is 38.9 Å². The second kappa shape index (κ2) is 11.2. The van der Waals surface area contributed by atoms with E-state index in [9.17, 15) is 9.90 Å². The molecule has 2 saturated heterocycles. The van der Waals surface area contributed by atoms with E-state index in [0.29, 0.717) is 36.9 Å². The fourth-order valence-electron chi connectivity index (χ4n) is 4.62. The number of aliphatic hydroxyl groups is 1. The van der Waals surface area contributed by atoms with Crippen molar-refractivity contribution in [2.75, 3.05) is 75.5 Å². The molecule has 2 aromatic carbocycles. The lowest BCUT2D eigenvalue weighted by atomic mass is 10.2. The molecule has 0 spiro atoms. The number of rotatable bonds is 10. The minimum atomic E-state index is -0.362. The Labute approximate surface area is 209 Å². The number of amides is 1. The van der Waals surface area contributed by atoms with Crippen LogP contribution in [0.3, 0.4) is 0 Å². The average molecular weight is 498 g/mol. The van der Waals surface area contributed by atoms with E-state index in [2.05, 4.69) is 39.4 Å². The molecule has 0 saturated carbocycles. The third-order valence-corrected chi connectivity index (χ3v) is 7.29. The monoisotopic (exact) mass is 497 g/mol. The van der Waals surface area contributed by atoms with E-state index in [0.717, 1.165) is 39.1 Å². The summed E-state index contributed by atoms with van der Waals surface area (Å²) in [5.74, 6) is 1.14. The Morgan fingerprint density at radius 3 is 2.63 bits per heavy atom. The summed E-state index contributed by atoms with van der Waals surface area (Å²) < 4.78 is 18.1. The Hall–Kier alpha value is -3.01. The van der Waals surface area contributed by atoms with Gasteiger partial charge in [0.1, 0.15) is 13.2 Å². The van der Waals surface area contributed by atoms with Crippen molar-refractivity contribution < 1.29 is 24.1 Å². The number of hydrogen-bond donors (Lipinski definition) is 1. The van der Waals surface area contributed by atoms with Gasteiger partial charge in [0.15, 0.2) is 11.5 Å². The van der Waals surface area contributed by atoms with Gasteiger partial charge in [0.25, 0.3) is 0 Å². The predicted octanol–water partition coefficient (Wildman–Crippen LogP) is 3.82. The molecular formula is C26H31N3O5S. The average Bonchev–Trinajstić information content (AvgIpc) is 3.55. The normalized spacial score (nSPS) is 16.7. The number of ether oxygens (including phenoxy) is 3. The first-order chi connectivity index (χ1) is 17.2. The number of thiophene rings is 1. The fraction of sp³-hybridized carbons (Fsp3) is 0.423. The molecule has 3 aromatic rings. The molecular weight excluding hydrogens is 466 g/mol. The minimum absolute atomic E-state index is 0.0949. The Morgan fingerprint density at radius 1 is 0.971 bits per heavy atom. The number of carbonyl (C=O) groups is 1. The highest BCUT2D eigenvalue weighted by Gasteiger charge is 2.25. The molecule has 186 valence electrons. The van der Waals surface area contributed by atoms with E-state index >= 15 is 0 Å². The van der Waals surface area contributed by atoms with Crippen LogP contribution in [-0.2, 0) is 4.74 Å². The Bertz CT molecular complexity index is 1140. The quantitative estimate of drug-likeness (QED) is 0.427. The minimum Gasteiger partial charge on any atom is -0.490 e. The second-order valence-corrected chi connectivity index (χ2v) is 9.56. The molecule has 0 atom stereocenters. The lowest BCUT2D eigenvalue weighted by Gasteiger charge is -2.36. The lowest BCUT2D eigenvalue weighted by Crippen LogP contribution is -2.46. The first-order valence-electron chi connectivity index (χ1n) is 12.1. The highest BCUT2D eigenvalue weighted by Crippen LogP contribution is 2.34. The summed E-state index contributed by atoms with van der Waals surface area (Å²) in [6.07, 6.45) is 0.540. The molecule has 3 heterocycles. The van der Waals surface area contributed by atoms with E-state index < -0.39 is 0 Å². The molecule has 5 rings (SSSR count). The van der Waals surface area contributed by atoms with Crippen LogP contribution in [0.1, 0.15) is 6.42 Å². The van der Waals surface area contributed by atoms with Crippen molar-refractivity contribution in [3.63, 3.8) is 0 Å². The third-order valence-electron chi connectivity index (χ3n) is 6.41. The van der Waals surface area contributed by atoms with Gasteiger partial charge in [-0.15, -0.1) is 11.3 Å². The molecule has 0 bridgehead atoms. The summed E-state index contributed by atoms with van der Waals surface area (Å²) >= 11 is 1.79. The summed E-state index contributed by atoms with van der Waals surface area (Å²) in [7, 11) is 0. The largest absolute Gasteiger partial charge is 0.490 e. The molecule has 1 amide bonds. The van der Waals surface area contributed by atoms with Crippen molar-refractivity contribution in [3.8, 4) is 11.5 Å². The van der Waals surface area contributed by atoms with Crippen LogP contribution in [0, 0.1) is 0 Å². The third kappa shape index (κ3) is 5.47. The molecule has 2 aliphatic rings. The number of anilines is 2. The standard InChI is InChI=1S/C26H31N3O5S/c30-14-17-33-24-19-20(29-13-16-34-26(29)31)5-6-23(24)32-15-2-8-27-9-11-28(12-10-27)22-3-1-4-25-21(22)7-18-35-25/h1,3-7,18-19,30H,2,8-17H2. The number of benzene rings is 2. The van der Waals surface area contributed by atoms with Crippen LogP contribution in [0.4, 0.5) is 16.2 Å². The SMILES string of the molecule is O=C1OCCN1c1ccc(OCCCN2CCN(c3cccc4sccc34)CC2)c(OCCO)c1. The number of hydrogen-bond acceptors (Lipinski definition) is 8. The maximum Gasteiger partial charge on any atom is 0.414 e. The Morgan fingerprint density at radius 2 is 1.83 bits per heavy atom. The maximum atomic E-state index is 11.9. The van der Waals surface area contributed by atoms with Gasteiger partial charge in [0, 0.05) is 54.6 Å². The van der Waals surface area contributed by atoms with Crippen LogP contribution < -0.4 is 19.3 Å². The van der Waals surface area contributed by atoms with Crippen LogP contribution in [0.5, 0.6) is 11.5 Å². The van der Waals surface area contributed by atoms with Crippen LogP contribution in [0.15, 0.2) is 47.8 Å². The van der Waals surface area contributed by atoms with Gasteiger partial charge in [-0.1, -0.05) is 6.07 Å². The van der Waals surface area contributed by atoms with Gasteiger partial charge in [-0.25, -0.2) is 4.79 Å². The summed E-state index contributed by atoms with van der Waals surface area (Å²) in [6, 6.07) is 14.2. The zero-order valence-electron chi connectivity index (χ0n) is 19.7. The summed E-state index contributed by atoms with van der Waals surface area (Å²) in [6.45, 7) is 6.60. The van der Waals surface area contributed by atoms with Gasteiger partial charge < -0.3 is 24.2 Å². The Balaban J connectivity index is 1.11. The molecule has 0 radical (unpaired) electrons. The van der Waals surface area contributed by atoms with Crippen LogP contribution in [0.25, 0.3) is 10.1 Å². The molecule has 0 unspecified atom stereocenters. The smallest absolute Gasteiger partial charge is 0.414 e. The van der Waals surface area contributed by atoms with Crippen LogP contribution in [-0.4, -0.2) is 81.8 Å². The topological polar surface area (TPSA) is 74.7 Å². The molecule has 1 aromatic heterocycles. The van der Waals surface area contributed by atoms with Crippen molar-refractivity contribution in [3.05, 3.63) is 47.8 Å². The number of piperazine rings is 1. The fourth-order valence-corrected chi connectivity index (χ4v) is 5.42. The molecule has 8 nitrogen and oxygen atoms in total. The number of carbonyl (C=O) groups excluding carboxylic acids is 1.